The summed E-state index contributed by atoms with van der Waals surface area (Å²) in [6, 6.07) is 7.54. The van der Waals surface area contributed by atoms with E-state index >= 15 is 0 Å². The van der Waals surface area contributed by atoms with Crippen molar-refractivity contribution in [3.8, 4) is 17.1 Å². The smallest absolute Gasteiger partial charge is 0.226 e. The third-order valence-electron chi connectivity index (χ3n) is 5.05. The molecule has 6 nitrogen and oxygen atoms in total. The fraction of sp³-hybridized carbons (Fsp3) is 0.550. The highest BCUT2D eigenvalue weighted by Gasteiger charge is 2.22. The first-order valence-electron chi connectivity index (χ1n) is 9.44. The maximum atomic E-state index is 12.4. The first kappa shape index (κ1) is 18.4. The summed E-state index contributed by atoms with van der Waals surface area (Å²) in [6.45, 7) is 4.02. The molecule has 2 heterocycles. The van der Waals surface area contributed by atoms with E-state index < -0.39 is 0 Å². The number of methoxy groups -OCH3 is 1. The van der Waals surface area contributed by atoms with Gasteiger partial charge in [0.2, 0.25) is 17.6 Å². The van der Waals surface area contributed by atoms with E-state index in [0.29, 0.717) is 30.5 Å². The minimum atomic E-state index is 0.248. The molecule has 3 rings (SSSR count). The van der Waals surface area contributed by atoms with Crippen molar-refractivity contribution in [1.82, 2.24) is 15.0 Å². The Hall–Kier alpha value is -2.37. The molecule has 1 aromatic heterocycles. The molecule has 1 aliphatic heterocycles. The number of ether oxygens (including phenoxy) is 1. The molecule has 1 atom stereocenters. The zero-order valence-corrected chi connectivity index (χ0v) is 15.6. The quantitative estimate of drug-likeness (QED) is 0.755. The van der Waals surface area contributed by atoms with Gasteiger partial charge in [-0.3, -0.25) is 4.79 Å². The zero-order chi connectivity index (χ0) is 18.4. The normalized spacial score (nSPS) is 17.3. The van der Waals surface area contributed by atoms with Gasteiger partial charge in [-0.1, -0.05) is 18.5 Å². The summed E-state index contributed by atoms with van der Waals surface area (Å²) in [5.41, 5.74) is 0.885. The molecule has 0 radical (unpaired) electrons. The molecule has 1 unspecified atom stereocenters. The van der Waals surface area contributed by atoms with Gasteiger partial charge in [-0.25, -0.2) is 0 Å². The van der Waals surface area contributed by atoms with E-state index in [1.54, 1.807) is 7.11 Å². The SMILES string of the molecule is CCC1CCCN(C(=O)CCCc2nc(-c3ccc(OC)cc3)no2)C1. The number of aryl methyl sites for hydroxylation is 1. The molecular weight excluding hydrogens is 330 g/mol. The van der Waals surface area contributed by atoms with Gasteiger partial charge in [-0.05, 0) is 49.4 Å². The van der Waals surface area contributed by atoms with Crippen LogP contribution in [-0.4, -0.2) is 41.1 Å². The van der Waals surface area contributed by atoms with Crippen molar-refractivity contribution in [3.05, 3.63) is 30.2 Å². The van der Waals surface area contributed by atoms with Crippen LogP contribution in [0, 0.1) is 5.92 Å². The van der Waals surface area contributed by atoms with Crippen LogP contribution in [0.1, 0.15) is 44.9 Å². The molecule has 0 aliphatic carbocycles. The van der Waals surface area contributed by atoms with Crippen LogP contribution in [0.3, 0.4) is 0 Å². The molecule has 1 fully saturated rings. The van der Waals surface area contributed by atoms with Gasteiger partial charge < -0.3 is 14.2 Å². The van der Waals surface area contributed by atoms with Gasteiger partial charge in [-0.2, -0.15) is 4.98 Å². The van der Waals surface area contributed by atoms with Gasteiger partial charge in [0.25, 0.3) is 0 Å². The Kier molecular flexibility index (Phi) is 6.26. The van der Waals surface area contributed by atoms with Gasteiger partial charge in [0.15, 0.2) is 0 Å². The number of amides is 1. The highest BCUT2D eigenvalue weighted by atomic mass is 16.5. The molecule has 140 valence electrons. The van der Waals surface area contributed by atoms with Crippen molar-refractivity contribution in [1.29, 1.82) is 0 Å². The van der Waals surface area contributed by atoms with Crippen LogP contribution in [0.25, 0.3) is 11.4 Å². The molecule has 0 N–H and O–H groups in total. The minimum absolute atomic E-state index is 0.248. The van der Waals surface area contributed by atoms with Crippen LogP contribution >= 0.6 is 0 Å². The molecule has 0 bridgehead atoms. The summed E-state index contributed by atoms with van der Waals surface area (Å²) in [5.74, 6) is 2.84. The molecule has 6 heteroatoms. The molecule has 1 amide bonds. The second-order valence-corrected chi connectivity index (χ2v) is 6.85. The van der Waals surface area contributed by atoms with Crippen molar-refractivity contribution >= 4 is 5.91 Å². The number of benzene rings is 1. The number of nitrogens with zero attached hydrogens (tertiary/aromatic N) is 3. The number of aromatic nitrogens is 2. The molecule has 0 saturated carbocycles. The molecule has 26 heavy (non-hydrogen) atoms. The summed E-state index contributed by atoms with van der Waals surface area (Å²) in [5, 5.41) is 4.03. The number of piperidine rings is 1. The fourth-order valence-electron chi connectivity index (χ4n) is 3.39. The summed E-state index contributed by atoms with van der Waals surface area (Å²) >= 11 is 0. The third kappa shape index (κ3) is 4.62. The van der Waals surface area contributed by atoms with Crippen molar-refractivity contribution in [2.75, 3.05) is 20.2 Å². The van der Waals surface area contributed by atoms with E-state index in [2.05, 4.69) is 17.1 Å². The van der Waals surface area contributed by atoms with Gasteiger partial charge >= 0.3 is 0 Å². The van der Waals surface area contributed by atoms with Crippen molar-refractivity contribution in [2.24, 2.45) is 5.92 Å². The summed E-state index contributed by atoms with van der Waals surface area (Å²) in [6.07, 6.45) is 5.42. The van der Waals surface area contributed by atoms with Gasteiger partial charge in [0, 0.05) is 31.5 Å². The Balaban J connectivity index is 1.48. The van der Waals surface area contributed by atoms with Crippen LogP contribution in [-0.2, 0) is 11.2 Å². The molecule has 1 aliphatic rings. The summed E-state index contributed by atoms with van der Waals surface area (Å²) < 4.78 is 10.5. The van der Waals surface area contributed by atoms with Crippen LogP contribution in [0.5, 0.6) is 5.75 Å². The van der Waals surface area contributed by atoms with E-state index in [-0.39, 0.29) is 5.91 Å². The van der Waals surface area contributed by atoms with E-state index in [4.69, 9.17) is 9.26 Å². The number of likely N-dealkylation sites (tertiary alicyclic amines) is 1. The highest BCUT2D eigenvalue weighted by molar-refractivity contribution is 5.76. The maximum Gasteiger partial charge on any atom is 0.226 e. The summed E-state index contributed by atoms with van der Waals surface area (Å²) in [7, 11) is 1.63. The molecular formula is C20H27N3O3. The van der Waals surface area contributed by atoms with Gasteiger partial charge in [0.1, 0.15) is 5.75 Å². The average molecular weight is 357 g/mol. The lowest BCUT2D eigenvalue weighted by molar-refractivity contribution is -0.133. The predicted octanol–water partition coefficient (Wildman–Crippen LogP) is 3.72. The van der Waals surface area contributed by atoms with Crippen molar-refractivity contribution in [2.45, 2.75) is 45.4 Å². The van der Waals surface area contributed by atoms with Crippen molar-refractivity contribution < 1.29 is 14.1 Å². The molecule has 1 saturated heterocycles. The second-order valence-electron chi connectivity index (χ2n) is 6.85. The predicted molar refractivity (Wildman–Crippen MR) is 98.8 cm³/mol. The van der Waals surface area contributed by atoms with Crippen LogP contribution in [0.2, 0.25) is 0 Å². The fourth-order valence-corrected chi connectivity index (χ4v) is 3.39. The van der Waals surface area contributed by atoms with Gasteiger partial charge in [-0.15, -0.1) is 0 Å². The highest BCUT2D eigenvalue weighted by Crippen LogP contribution is 2.21. The lowest BCUT2D eigenvalue weighted by Crippen LogP contribution is -2.39. The summed E-state index contributed by atoms with van der Waals surface area (Å²) in [4.78, 5) is 18.8. The minimum Gasteiger partial charge on any atom is -0.497 e. The van der Waals surface area contributed by atoms with Crippen LogP contribution in [0.4, 0.5) is 0 Å². The van der Waals surface area contributed by atoms with Crippen LogP contribution in [0.15, 0.2) is 28.8 Å². The molecule has 2 aromatic rings. The number of rotatable bonds is 7. The standard InChI is InChI=1S/C20H27N3O3/c1-3-15-6-5-13-23(14-15)19(24)8-4-7-18-21-20(22-26-18)16-9-11-17(25-2)12-10-16/h9-12,15H,3-8,13-14H2,1-2H3. The zero-order valence-electron chi connectivity index (χ0n) is 15.6. The molecule has 0 spiro atoms. The topological polar surface area (TPSA) is 68.5 Å². The van der Waals surface area contributed by atoms with Gasteiger partial charge in [0.05, 0.1) is 7.11 Å². The second kappa shape index (κ2) is 8.83. The van der Waals surface area contributed by atoms with E-state index in [0.717, 1.165) is 43.7 Å². The van der Waals surface area contributed by atoms with Crippen LogP contribution < -0.4 is 4.74 Å². The number of hydrogen-bond donors (Lipinski definition) is 0. The largest absolute Gasteiger partial charge is 0.497 e. The average Bonchev–Trinajstić information content (AvgIpc) is 3.17. The lowest BCUT2D eigenvalue weighted by Gasteiger charge is -2.32. The first-order chi connectivity index (χ1) is 12.7. The number of carbonyl (C=O) groups excluding carboxylic acids is 1. The number of hydrogen-bond acceptors (Lipinski definition) is 5. The molecule has 1 aromatic carbocycles. The third-order valence-corrected chi connectivity index (χ3v) is 5.05. The van der Waals surface area contributed by atoms with Crippen molar-refractivity contribution in [3.63, 3.8) is 0 Å². The maximum absolute atomic E-state index is 12.4. The monoisotopic (exact) mass is 357 g/mol. The Labute approximate surface area is 154 Å². The Morgan fingerprint density at radius 1 is 1.35 bits per heavy atom. The van der Waals surface area contributed by atoms with E-state index in [1.165, 1.54) is 6.42 Å². The number of carbonyl (C=O) groups is 1. The lowest BCUT2D eigenvalue weighted by atomic mass is 9.95. The van der Waals surface area contributed by atoms with E-state index in [1.807, 2.05) is 29.2 Å². The Morgan fingerprint density at radius 3 is 2.88 bits per heavy atom. The van der Waals surface area contributed by atoms with E-state index in [9.17, 15) is 4.79 Å². The Morgan fingerprint density at radius 2 is 2.15 bits per heavy atom. The Bertz CT molecular complexity index is 711. The first-order valence-corrected chi connectivity index (χ1v) is 9.44.